The molecule has 33 heavy (non-hydrogen) atoms. The van der Waals surface area contributed by atoms with E-state index < -0.39 is 15.1 Å². The molecule has 2 fully saturated rings. The highest BCUT2D eigenvalue weighted by Gasteiger charge is 2.46. The molecule has 170 valence electrons. The molecule has 3 aliphatic rings. The van der Waals surface area contributed by atoms with Gasteiger partial charge in [-0.1, -0.05) is 49.2 Å². The Labute approximate surface area is 192 Å². The topological polar surface area (TPSA) is 81.5 Å². The molecule has 6 rings (SSSR count). The number of hydrogen-bond acceptors (Lipinski definition) is 5. The van der Waals surface area contributed by atoms with Gasteiger partial charge in [-0.25, -0.2) is 13.1 Å². The van der Waals surface area contributed by atoms with Gasteiger partial charge in [0.1, 0.15) is 0 Å². The van der Waals surface area contributed by atoms with Crippen molar-refractivity contribution < 1.29 is 17.9 Å². The number of para-hydroxylation sites is 1. The van der Waals surface area contributed by atoms with Crippen molar-refractivity contribution in [1.82, 2.24) is 14.7 Å². The number of benzene rings is 2. The molecule has 7 nitrogen and oxygen atoms in total. The van der Waals surface area contributed by atoms with E-state index in [1.165, 1.54) is 0 Å². The fourth-order valence-corrected chi connectivity index (χ4v) is 7.05. The molecule has 1 amide bonds. The van der Waals surface area contributed by atoms with E-state index in [4.69, 9.17) is 9.84 Å². The minimum absolute atomic E-state index is 0.223. The predicted molar refractivity (Wildman–Crippen MR) is 123 cm³/mol. The van der Waals surface area contributed by atoms with Crippen LogP contribution in [0.5, 0.6) is 0 Å². The lowest BCUT2D eigenvalue weighted by atomic mass is 9.98. The highest BCUT2D eigenvalue weighted by Crippen LogP contribution is 2.52. The number of rotatable bonds is 4. The molecule has 1 aromatic heterocycles. The van der Waals surface area contributed by atoms with Crippen LogP contribution in [0, 0.1) is 5.92 Å². The maximum Gasteiger partial charge on any atom is 0.274 e. The third-order valence-corrected chi connectivity index (χ3v) is 8.96. The smallest absolute Gasteiger partial charge is 0.274 e. The third-order valence-electron chi connectivity index (χ3n) is 6.81. The Balaban J connectivity index is 1.63. The van der Waals surface area contributed by atoms with E-state index in [1.54, 1.807) is 21.7 Å². The van der Waals surface area contributed by atoms with Crippen LogP contribution in [0.25, 0.3) is 16.9 Å². The molecule has 0 radical (unpaired) electrons. The quantitative estimate of drug-likeness (QED) is 0.590. The number of nitrogens with zero attached hydrogens (tertiary/aromatic N) is 3. The van der Waals surface area contributed by atoms with Crippen molar-refractivity contribution in [2.45, 2.75) is 29.4 Å². The van der Waals surface area contributed by atoms with Crippen LogP contribution < -0.4 is 0 Å². The minimum atomic E-state index is -3.66. The predicted octanol–water partition coefficient (Wildman–Crippen LogP) is 3.64. The van der Waals surface area contributed by atoms with E-state index in [0.717, 1.165) is 18.5 Å². The van der Waals surface area contributed by atoms with Crippen LogP contribution in [0.4, 0.5) is 0 Å². The van der Waals surface area contributed by atoms with Crippen molar-refractivity contribution in [3.8, 4) is 16.9 Å². The summed E-state index contributed by atoms with van der Waals surface area (Å²) in [7, 11) is -3.66. The van der Waals surface area contributed by atoms with Crippen molar-refractivity contribution in [3.05, 3.63) is 65.9 Å². The fraction of sp³-hybridized carbons (Fsp3) is 0.360. The molecule has 0 bridgehead atoms. The summed E-state index contributed by atoms with van der Waals surface area (Å²) in [4.78, 5) is 15.7. The van der Waals surface area contributed by atoms with Crippen LogP contribution in [0.1, 0.15) is 40.6 Å². The number of fused-ring (bicyclic) bond motifs is 3. The van der Waals surface area contributed by atoms with Crippen molar-refractivity contribution in [2.24, 2.45) is 5.92 Å². The first kappa shape index (κ1) is 20.6. The molecule has 1 unspecified atom stereocenters. The number of aromatic nitrogens is 2. The van der Waals surface area contributed by atoms with E-state index in [-0.39, 0.29) is 11.6 Å². The molecule has 0 spiro atoms. The van der Waals surface area contributed by atoms with Gasteiger partial charge in [-0.2, -0.15) is 5.10 Å². The first-order valence-electron chi connectivity index (χ1n) is 11.4. The molecule has 2 aromatic carbocycles. The number of amides is 1. The first-order valence-corrected chi connectivity index (χ1v) is 13.0. The number of hydrogen-bond donors (Lipinski definition) is 0. The first-order chi connectivity index (χ1) is 16.1. The fourth-order valence-electron chi connectivity index (χ4n) is 4.94. The van der Waals surface area contributed by atoms with Crippen LogP contribution in [-0.2, 0) is 14.6 Å². The summed E-state index contributed by atoms with van der Waals surface area (Å²) in [6.45, 7) is 1.89. The summed E-state index contributed by atoms with van der Waals surface area (Å²) in [6.07, 6.45) is 2.58. The standard InChI is InChI=1S/C25H25N3O4S/c29-25(27-12-14-32-15-13-27)23-22-21(16-17-10-11-17)33(30,31)20-9-5-4-8-19(20)24(22)28(26-23)18-6-2-1-3-7-18/h1-9,17,21H,10-16H2. The minimum Gasteiger partial charge on any atom is -0.378 e. The summed E-state index contributed by atoms with van der Waals surface area (Å²) in [5.41, 5.74) is 2.93. The highest BCUT2D eigenvalue weighted by atomic mass is 32.2. The lowest BCUT2D eigenvalue weighted by Gasteiger charge is -2.29. The zero-order valence-corrected chi connectivity index (χ0v) is 19.0. The molecular formula is C25H25N3O4S. The van der Waals surface area contributed by atoms with E-state index in [2.05, 4.69) is 0 Å². The van der Waals surface area contributed by atoms with Crippen LogP contribution in [0.2, 0.25) is 0 Å². The van der Waals surface area contributed by atoms with Crippen molar-refractivity contribution in [3.63, 3.8) is 0 Å². The molecule has 2 aliphatic heterocycles. The number of morpholine rings is 1. The highest BCUT2D eigenvalue weighted by molar-refractivity contribution is 7.92. The van der Waals surface area contributed by atoms with Crippen molar-refractivity contribution in [1.29, 1.82) is 0 Å². The van der Waals surface area contributed by atoms with E-state index in [0.29, 0.717) is 60.4 Å². The van der Waals surface area contributed by atoms with Gasteiger partial charge in [-0.15, -0.1) is 0 Å². The monoisotopic (exact) mass is 463 g/mol. The Morgan fingerprint density at radius 3 is 2.42 bits per heavy atom. The van der Waals surface area contributed by atoms with Crippen LogP contribution in [0.3, 0.4) is 0 Å². The summed E-state index contributed by atoms with van der Waals surface area (Å²) < 4.78 is 34.9. The SMILES string of the molecule is O=C(c1nn(-c2ccccc2)c2c1C(CC1CC1)S(=O)(=O)c1ccccc1-2)N1CCOCC1. The average Bonchev–Trinajstić information content (AvgIpc) is 3.59. The Bertz CT molecular complexity index is 1320. The second-order valence-corrected chi connectivity index (χ2v) is 11.1. The van der Waals surface area contributed by atoms with Crippen LogP contribution >= 0.6 is 0 Å². The summed E-state index contributed by atoms with van der Waals surface area (Å²) in [5.74, 6) is 0.147. The van der Waals surface area contributed by atoms with Gasteiger partial charge in [0.25, 0.3) is 5.91 Å². The van der Waals surface area contributed by atoms with Gasteiger partial charge < -0.3 is 9.64 Å². The van der Waals surface area contributed by atoms with Gasteiger partial charge in [0, 0.05) is 24.2 Å². The van der Waals surface area contributed by atoms with Gasteiger partial charge in [-0.3, -0.25) is 4.79 Å². The second-order valence-electron chi connectivity index (χ2n) is 8.97. The summed E-state index contributed by atoms with van der Waals surface area (Å²) in [6, 6.07) is 16.7. The van der Waals surface area contributed by atoms with E-state index >= 15 is 0 Å². The van der Waals surface area contributed by atoms with Crippen LogP contribution in [0.15, 0.2) is 59.5 Å². The van der Waals surface area contributed by atoms with Gasteiger partial charge in [0.05, 0.1) is 34.7 Å². The summed E-state index contributed by atoms with van der Waals surface area (Å²) >= 11 is 0. The lowest BCUT2D eigenvalue weighted by molar-refractivity contribution is 0.0298. The zero-order valence-electron chi connectivity index (χ0n) is 18.2. The molecule has 3 aromatic rings. The number of carbonyl (C=O) groups excluding carboxylic acids is 1. The number of carbonyl (C=O) groups is 1. The van der Waals surface area contributed by atoms with Crippen molar-refractivity contribution in [2.75, 3.05) is 26.3 Å². The normalized spacial score (nSPS) is 21.3. The molecule has 1 saturated carbocycles. The Morgan fingerprint density at radius 1 is 1.00 bits per heavy atom. The molecule has 3 heterocycles. The maximum absolute atomic E-state index is 13.8. The zero-order chi connectivity index (χ0) is 22.6. The number of sulfone groups is 1. The molecule has 0 N–H and O–H groups in total. The van der Waals surface area contributed by atoms with Gasteiger partial charge >= 0.3 is 0 Å². The van der Waals surface area contributed by atoms with E-state index in [9.17, 15) is 13.2 Å². The molecule has 1 saturated heterocycles. The number of ether oxygens (including phenoxy) is 1. The van der Waals surface area contributed by atoms with Crippen molar-refractivity contribution >= 4 is 15.7 Å². The molecule has 1 atom stereocenters. The molecular weight excluding hydrogens is 438 g/mol. The second kappa shape index (κ2) is 7.81. The Kier molecular flexibility index (Phi) is 4.88. The largest absolute Gasteiger partial charge is 0.378 e. The third kappa shape index (κ3) is 3.40. The molecule has 1 aliphatic carbocycles. The van der Waals surface area contributed by atoms with E-state index in [1.807, 2.05) is 42.5 Å². The Morgan fingerprint density at radius 2 is 1.70 bits per heavy atom. The van der Waals surface area contributed by atoms with Crippen LogP contribution in [-0.4, -0.2) is 55.3 Å². The molecule has 8 heteroatoms. The van der Waals surface area contributed by atoms with Gasteiger partial charge in [0.15, 0.2) is 15.5 Å². The van der Waals surface area contributed by atoms with Gasteiger partial charge in [0.2, 0.25) is 0 Å². The van der Waals surface area contributed by atoms with Gasteiger partial charge in [-0.05, 0) is 30.5 Å². The Hall–Kier alpha value is -2.97. The summed E-state index contributed by atoms with van der Waals surface area (Å²) in [5, 5.41) is 4.03. The lowest BCUT2D eigenvalue weighted by Crippen LogP contribution is -2.41. The maximum atomic E-state index is 13.8. The average molecular weight is 464 g/mol.